The number of allylic oxidation sites excluding steroid dienone is 1. The van der Waals surface area contributed by atoms with Gasteiger partial charge in [0, 0.05) is 19.1 Å². The van der Waals surface area contributed by atoms with Gasteiger partial charge < -0.3 is 9.84 Å². The van der Waals surface area contributed by atoms with Crippen LogP contribution in [0.3, 0.4) is 0 Å². The minimum atomic E-state index is -0.160. The zero-order valence-electron chi connectivity index (χ0n) is 17.5. The minimum Gasteiger partial charge on any atom is -0.396 e. The first-order valence-electron chi connectivity index (χ1n) is 11.2. The van der Waals surface area contributed by atoms with E-state index < -0.39 is 0 Å². The molecule has 1 N–H and O–H groups in total. The fourth-order valence-electron chi connectivity index (χ4n) is 8.52. The number of rotatable bonds is 4. The molecule has 0 saturated heterocycles. The topological polar surface area (TPSA) is 46.5 Å². The molecule has 4 rings (SSSR count). The highest BCUT2D eigenvalue weighted by Crippen LogP contribution is 2.68. The lowest BCUT2D eigenvalue weighted by Crippen LogP contribution is -2.59. The van der Waals surface area contributed by atoms with Crippen molar-refractivity contribution in [1.82, 2.24) is 0 Å². The van der Waals surface area contributed by atoms with Crippen molar-refractivity contribution in [2.45, 2.75) is 71.3 Å². The fourth-order valence-corrected chi connectivity index (χ4v) is 8.52. The number of carbonyl (C=O) groups excluding carboxylic acids is 1. The standard InChI is InChI=1S/C24H38O3/c1-5-17-6-7-20-18-13-22(27-4)21-12-16(14-25)8-10-23(21,3)19(18)9-11-24(17,20)15(2)26/h5,16-22,25H,1,6-14H2,2-4H3/t16-,17+,18-,19+,20+,21-,22-,23-,24+/m1/s1. The first kappa shape index (κ1) is 19.6. The Morgan fingerprint density at radius 2 is 1.93 bits per heavy atom. The molecule has 4 saturated carbocycles. The molecule has 27 heavy (non-hydrogen) atoms. The Bertz CT molecular complexity index is 600. The molecule has 0 aliphatic heterocycles. The van der Waals surface area contributed by atoms with Crippen LogP contribution >= 0.6 is 0 Å². The van der Waals surface area contributed by atoms with Gasteiger partial charge in [0.25, 0.3) is 0 Å². The second-order valence-corrected chi connectivity index (χ2v) is 10.4. The van der Waals surface area contributed by atoms with Crippen LogP contribution in [-0.4, -0.2) is 30.7 Å². The molecule has 0 aromatic carbocycles. The van der Waals surface area contributed by atoms with Gasteiger partial charge in [-0.05, 0) is 99.2 Å². The number of aliphatic hydroxyl groups is 1. The van der Waals surface area contributed by atoms with Crippen LogP contribution in [0.1, 0.15) is 65.2 Å². The molecule has 0 amide bonds. The Kier molecular flexibility index (Phi) is 5.08. The van der Waals surface area contributed by atoms with E-state index in [0.717, 1.165) is 32.1 Å². The van der Waals surface area contributed by atoms with E-state index in [9.17, 15) is 9.90 Å². The summed E-state index contributed by atoms with van der Waals surface area (Å²) in [5.41, 5.74) is 0.136. The molecular weight excluding hydrogens is 336 g/mol. The van der Waals surface area contributed by atoms with Crippen molar-refractivity contribution in [1.29, 1.82) is 0 Å². The third kappa shape index (κ3) is 2.64. The summed E-state index contributed by atoms with van der Waals surface area (Å²) >= 11 is 0. The molecule has 4 aliphatic carbocycles. The maximum Gasteiger partial charge on any atom is 0.136 e. The maximum atomic E-state index is 12.9. The average Bonchev–Trinajstić information content (AvgIpc) is 3.07. The zero-order valence-corrected chi connectivity index (χ0v) is 17.5. The lowest BCUT2D eigenvalue weighted by molar-refractivity contribution is -0.178. The number of ketones is 1. The van der Waals surface area contributed by atoms with Crippen LogP contribution in [0.5, 0.6) is 0 Å². The first-order chi connectivity index (χ1) is 12.9. The third-order valence-electron chi connectivity index (χ3n) is 9.84. The highest BCUT2D eigenvalue weighted by Gasteiger charge is 2.64. The Balaban J connectivity index is 1.70. The van der Waals surface area contributed by atoms with E-state index >= 15 is 0 Å². The first-order valence-corrected chi connectivity index (χ1v) is 11.2. The monoisotopic (exact) mass is 374 g/mol. The van der Waals surface area contributed by atoms with Crippen LogP contribution in [-0.2, 0) is 9.53 Å². The number of Topliss-reactive ketones (excluding diaryl/α,β-unsaturated/α-hetero) is 1. The Labute approximate surface area is 164 Å². The number of aliphatic hydroxyl groups excluding tert-OH is 1. The zero-order chi connectivity index (χ0) is 19.4. The van der Waals surface area contributed by atoms with Crippen molar-refractivity contribution >= 4 is 5.78 Å². The van der Waals surface area contributed by atoms with Crippen molar-refractivity contribution in [2.24, 2.45) is 46.3 Å². The molecule has 0 bridgehead atoms. The molecule has 4 aliphatic rings. The summed E-state index contributed by atoms with van der Waals surface area (Å²) in [7, 11) is 1.87. The smallest absolute Gasteiger partial charge is 0.136 e. The summed E-state index contributed by atoms with van der Waals surface area (Å²) in [6.45, 7) is 8.75. The van der Waals surface area contributed by atoms with Gasteiger partial charge in [0.15, 0.2) is 0 Å². The van der Waals surface area contributed by atoms with Crippen molar-refractivity contribution in [3.63, 3.8) is 0 Å². The summed E-state index contributed by atoms with van der Waals surface area (Å²) in [6, 6.07) is 0. The Morgan fingerprint density at radius 1 is 1.15 bits per heavy atom. The van der Waals surface area contributed by atoms with E-state index in [0.29, 0.717) is 53.3 Å². The quantitative estimate of drug-likeness (QED) is 0.730. The highest BCUT2D eigenvalue weighted by atomic mass is 16.5. The number of methoxy groups -OCH3 is 1. The van der Waals surface area contributed by atoms with E-state index in [-0.39, 0.29) is 11.5 Å². The predicted molar refractivity (Wildman–Crippen MR) is 107 cm³/mol. The summed E-state index contributed by atoms with van der Waals surface area (Å²) in [6.07, 6.45) is 11.4. The normalized spacial score (nSPS) is 51.8. The average molecular weight is 375 g/mol. The Hall–Kier alpha value is -0.670. The van der Waals surface area contributed by atoms with Crippen molar-refractivity contribution in [2.75, 3.05) is 13.7 Å². The van der Waals surface area contributed by atoms with Crippen LogP contribution in [0.25, 0.3) is 0 Å². The molecular formula is C24H38O3. The molecule has 9 atom stereocenters. The molecule has 152 valence electrons. The van der Waals surface area contributed by atoms with Gasteiger partial charge in [0.05, 0.1) is 6.10 Å². The highest BCUT2D eigenvalue weighted by molar-refractivity contribution is 5.84. The van der Waals surface area contributed by atoms with Gasteiger partial charge in [-0.1, -0.05) is 13.0 Å². The van der Waals surface area contributed by atoms with E-state index in [4.69, 9.17) is 4.74 Å². The fraction of sp³-hybridized carbons (Fsp3) is 0.875. The Morgan fingerprint density at radius 3 is 2.56 bits per heavy atom. The van der Waals surface area contributed by atoms with E-state index in [1.807, 2.05) is 14.0 Å². The number of ether oxygens (including phenoxy) is 1. The molecule has 0 heterocycles. The maximum absolute atomic E-state index is 12.9. The molecule has 0 radical (unpaired) electrons. The van der Waals surface area contributed by atoms with Crippen molar-refractivity contribution in [3.05, 3.63) is 12.7 Å². The molecule has 0 aromatic heterocycles. The third-order valence-corrected chi connectivity index (χ3v) is 9.84. The molecule has 0 aromatic rings. The van der Waals surface area contributed by atoms with E-state index in [1.54, 1.807) is 0 Å². The minimum absolute atomic E-state index is 0.160. The summed E-state index contributed by atoms with van der Waals surface area (Å²) in [4.78, 5) is 12.9. The van der Waals surface area contributed by atoms with Crippen LogP contribution in [0, 0.1) is 46.3 Å². The van der Waals surface area contributed by atoms with Gasteiger partial charge in [-0.25, -0.2) is 0 Å². The lowest BCUT2D eigenvalue weighted by atomic mass is 9.43. The van der Waals surface area contributed by atoms with Crippen LogP contribution in [0.2, 0.25) is 0 Å². The number of carbonyl (C=O) groups is 1. The van der Waals surface area contributed by atoms with Gasteiger partial charge in [-0.3, -0.25) is 4.79 Å². The number of fused-ring (bicyclic) bond motifs is 5. The van der Waals surface area contributed by atoms with Gasteiger partial charge in [0.1, 0.15) is 5.78 Å². The summed E-state index contributed by atoms with van der Waals surface area (Å²) in [5, 5.41) is 9.74. The largest absolute Gasteiger partial charge is 0.396 e. The second-order valence-electron chi connectivity index (χ2n) is 10.4. The molecule has 3 nitrogen and oxygen atoms in total. The number of hydrogen-bond donors (Lipinski definition) is 1. The van der Waals surface area contributed by atoms with E-state index in [2.05, 4.69) is 19.6 Å². The summed E-state index contributed by atoms with van der Waals surface area (Å²) < 4.78 is 6.08. The summed E-state index contributed by atoms with van der Waals surface area (Å²) in [5.74, 6) is 3.56. The SMILES string of the molecule is C=C[C@H]1CC[C@H]2[C@@H]3C[C@@H](OC)[C@H]4C[C@H](CO)CC[C@]4(C)[C@H]3CC[C@]12C(C)=O. The van der Waals surface area contributed by atoms with Crippen LogP contribution in [0.4, 0.5) is 0 Å². The van der Waals surface area contributed by atoms with E-state index in [1.165, 1.54) is 19.3 Å². The lowest BCUT2D eigenvalue weighted by Gasteiger charge is -2.62. The van der Waals surface area contributed by atoms with Crippen molar-refractivity contribution in [3.8, 4) is 0 Å². The molecule has 0 unspecified atom stereocenters. The molecule has 4 fully saturated rings. The molecule has 0 spiro atoms. The predicted octanol–water partition coefficient (Wildman–Crippen LogP) is 4.63. The molecule has 3 heteroatoms. The van der Waals surface area contributed by atoms with Crippen molar-refractivity contribution < 1.29 is 14.6 Å². The second kappa shape index (κ2) is 6.99. The van der Waals surface area contributed by atoms with Crippen LogP contribution < -0.4 is 0 Å². The number of hydrogen-bond acceptors (Lipinski definition) is 3. The van der Waals surface area contributed by atoms with Crippen LogP contribution in [0.15, 0.2) is 12.7 Å². The van der Waals surface area contributed by atoms with Gasteiger partial charge in [-0.2, -0.15) is 0 Å². The van der Waals surface area contributed by atoms with Gasteiger partial charge in [-0.15, -0.1) is 6.58 Å². The van der Waals surface area contributed by atoms with Gasteiger partial charge in [0.2, 0.25) is 0 Å². The van der Waals surface area contributed by atoms with Gasteiger partial charge >= 0.3 is 0 Å².